The van der Waals surface area contributed by atoms with Crippen molar-refractivity contribution < 1.29 is 13.6 Å². The Morgan fingerprint density at radius 3 is 2.56 bits per heavy atom. The largest absolute Gasteiger partial charge is 0.340 e. The lowest BCUT2D eigenvalue weighted by Gasteiger charge is -2.43. The fourth-order valence-corrected chi connectivity index (χ4v) is 4.58. The van der Waals surface area contributed by atoms with Gasteiger partial charge in [0.05, 0.1) is 5.41 Å². The number of carbonyl (C=O) groups is 1. The number of benzene rings is 1. The first-order valence-electron chi connectivity index (χ1n) is 9.30. The van der Waals surface area contributed by atoms with Gasteiger partial charge in [0.1, 0.15) is 11.6 Å². The van der Waals surface area contributed by atoms with Crippen molar-refractivity contribution in [2.75, 3.05) is 39.3 Å². The Balaban J connectivity index is 1.51. The van der Waals surface area contributed by atoms with E-state index in [1.54, 1.807) is 0 Å². The number of likely N-dealkylation sites (tertiary alicyclic amines) is 1. The smallest absolute Gasteiger partial charge is 0.233 e. The van der Waals surface area contributed by atoms with Crippen LogP contribution in [0.4, 0.5) is 8.78 Å². The van der Waals surface area contributed by atoms with Crippen molar-refractivity contribution in [2.24, 2.45) is 0 Å². The molecule has 2 saturated heterocycles. The summed E-state index contributed by atoms with van der Waals surface area (Å²) in [5.74, 6) is -1.16. The van der Waals surface area contributed by atoms with E-state index in [9.17, 15) is 13.6 Å². The topological polar surface area (TPSA) is 35.6 Å². The van der Waals surface area contributed by atoms with Crippen molar-refractivity contribution in [1.29, 1.82) is 0 Å². The van der Waals surface area contributed by atoms with E-state index in [1.165, 1.54) is 12.1 Å². The van der Waals surface area contributed by atoms with E-state index in [0.717, 1.165) is 58.2 Å². The normalized spacial score (nSPS) is 26.5. The number of halogens is 2. The molecule has 3 aliphatic rings. The summed E-state index contributed by atoms with van der Waals surface area (Å²) in [7, 11) is 0. The fraction of sp³-hybridized carbons (Fsp3) is 0.632. The van der Waals surface area contributed by atoms with Crippen LogP contribution in [0.15, 0.2) is 18.2 Å². The minimum absolute atomic E-state index is 0.0295. The van der Waals surface area contributed by atoms with E-state index >= 15 is 0 Å². The van der Waals surface area contributed by atoms with E-state index in [0.29, 0.717) is 24.4 Å². The van der Waals surface area contributed by atoms with Gasteiger partial charge in [-0.1, -0.05) is 12.5 Å². The zero-order chi connectivity index (χ0) is 17.4. The van der Waals surface area contributed by atoms with E-state index < -0.39 is 17.0 Å². The van der Waals surface area contributed by atoms with Crippen molar-refractivity contribution in [3.63, 3.8) is 0 Å². The highest BCUT2D eigenvalue weighted by Crippen LogP contribution is 2.46. The third-order valence-electron chi connectivity index (χ3n) is 6.18. The summed E-state index contributed by atoms with van der Waals surface area (Å²) in [5, 5.41) is 3.35. The van der Waals surface area contributed by atoms with Gasteiger partial charge in [-0.25, -0.2) is 8.78 Å². The standard InChI is InChI=1S/C19H25F2N3O/c20-14-2-3-16(17(21)12-14)19(5-1-6-19)18(25)24-9-4-15(13-24)23-10-7-22-8-11-23/h2-3,12,15,22H,1,4-11,13H2. The molecule has 1 amide bonds. The monoisotopic (exact) mass is 349 g/mol. The lowest BCUT2D eigenvalue weighted by molar-refractivity contribution is -0.140. The van der Waals surface area contributed by atoms with Gasteiger partial charge in [0.2, 0.25) is 5.91 Å². The second kappa shape index (κ2) is 6.65. The van der Waals surface area contributed by atoms with Crippen LogP contribution in [0.2, 0.25) is 0 Å². The molecule has 1 aliphatic carbocycles. The molecular weight excluding hydrogens is 324 g/mol. The van der Waals surface area contributed by atoms with Gasteiger partial charge in [-0.05, 0) is 25.3 Å². The van der Waals surface area contributed by atoms with E-state index in [-0.39, 0.29) is 5.91 Å². The van der Waals surface area contributed by atoms with Crippen LogP contribution in [0, 0.1) is 11.6 Å². The summed E-state index contributed by atoms with van der Waals surface area (Å²) in [6.07, 6.45) is 3.21. The molecule has 0 radical (unpaired) electrons. The second-order valence-electron chi connectivity index (χ2n) is 7.54. The molecule has 1 atom stereocenters. The average molecular weight is 349 g/mol. The van der Waals surface area contributed by atoms with Crippen LogP contribution in [0.3, 0.4) is 0 Å². The van der Waals surface area contributed by atoms with Crippen molar-refractivity contribution in [2.45, 2.75) is 37.1 Å². The van der Waals surface area contributed by atoms with Gasteiger partial charge in [0.15, 0.2) is 0 Å². The van der Waals surface area contributed by atoms with Gasteiger partial charge < -0.3 is 10.2 Å². The van der Waals surface area contributed by atoms with Crippen LogP contribution in [-0.2, 0) is 10.2 Å². The maximum atomic E-state index is 14.4. The molecule has 136 valence electrons. The second-order valence-corrected chi connectivity index (χ2v) is 7.54. The summed E-state index contributed by atoms with van der Waals surface area (Å²) >= 11 is 0. The molecule has 4 rings (SSSR count). The maximum absolute atomic E-state index is 14.4. The third kappa shape index (κ3) is 2.95. The molecule has 3 fully saturated rings. The molecule has 25 heavy (non-hydrogen) atoms. The molecule has 1 N–H and O–H groups in total. The van der Waals surface area contributed by atoms with Crippen LogP contribution in [-0.4, -0.2) is 61.0 Å². The zero-order valence-electron chi connectivity index (χ0n) is 14.4. The van der Waals surface area contributed by atoms with E-state index in [1.807, 2.05) is 4.90 Å². The quantitative estimate of drug-likeness (QED) is 0.905. The predicted molar refractivity (Wildman–Crippen MR) is 91.3 cm³/mol. The SMILES string of the molecule is O=C(N1CCC(N2CCNCC2)C1)C1(c2ccc(F)cc2F)CCC1. The van der Waals surface area contributed by atoms with Gasteiger partial charge in [0.25, 0.3) is 0 Å². The lowest BCUT2D eigenvalue weighted by Crippen LogP contribution is -2.53. The van der Waals surface area contributed by atoms with Gasteiger partial charge in [-0.3, -0.25) is 9.69 Å². The minimum Gasteiger partial charge on any atom is -0.340 e. The molecule has 2 heterocycles. The molecule has 1 saturated carbocycles. The molecular formula is C19H25F2N3O. The van der Waals surface area contributed by atoms with Gasteiger partial charge >= 0.3 is 0 Å². The lowest BCUT2D eigenvalue weighted by atomic mass is 9.63. The number of nitrogens with zero attached hydrogens (tertiary/aromatic N) is 2. The Morgan fingerprint density at radius 2 is 1.92 bits per heavy atom. The molecule has 6 heteroatoms. The Hall–Kier alpha value is -1.53. The first-order valence-corrected chi connectivity index (χ1v) is 9.30. The molecule has 0 aromatic heterocycles. The Bertz CT molecular complexity index is 656. The molecule has 1 aromatic rings. The van der Waals surface area contributed by atoms with Crippen LogP contribution in [0.5, 0.6) is 0 Å². The molecule has 4 nitrogen and oxygen atoms in total. The summed E-state index contributed by atoms with van der Waals surface area (Å²) in [6.45, 7) is 5.49. The number of piperazine rings is 1. The van der Waals surface area contributed by atoms with Gasteiger partial charge in [-0.2, -0.15) is 0 Å². The number of rotatable bonds is 3. The summed E-state index contributed by atoms with van der Waals surface area (Å²) in [5.41, 5.74) is -0.411. The van der Waals surface area contributed by atoms with E-state index in [4.69, 9.17) is 0 Å². The maximum Gasteiger partial charge on any atom is 0.233 e. The van der Waals surface area contributed by atoms with Crippen molar-refractivity contribution in [3.05, 3.63) is 35.4 Å². The highest BCUT2D eigenvalue weighted by Gasteiger charge is 2.50. The molecule has 0 spiro atoms. The number of hydrogen-bond acceptors (Lipinski definition) is 3. The zero-order valence-corrected chi connectivity index (χ0v) is 14.4. The summed E-state index contributed by atoms with van der Waals surface area (Å²) < 4.78 is 27.6. The minimum atomic E-state index is -0.782. The number of hydrogen-bond donors (Lipinski definition) is 1. The predicted octanol–water partition coefficient (Wildman–Crippen LogP) is 1.89. The van der Waals surface area contributed by atoms with E-state index in [2.05, 4.69) is 10.2 Å². The highest BCUT2D eigenvalue weighted by atomic mass is 19.1. The van der Waals surface area contributed by atoms with Crippen LogP contribution in [0.25, 0.3) is 0 Å². The van der Waals surface area contributed by atoms with Crippen molar-refractivity contribution in [1.82, 2.24) is 15.1 Å². The van der Waals surface area contributed by atoms with Gasteiger partial charge in [0, 0.05) is 56.9 Å². The summed E-state index contributed by atoms with van der Waals surface area (Å²) in [6, 6.07) is 4.03. The first-order chi connectivity index (χ1) is 12.1. The highest BCUT2D eigenvalue weighted by molar-refractivity contribution is 5.89. The molecule has 0 bridgehead atoms. The average Bonchev–Trinajstić information content (AvgIpc) is 3.06. The molecule has 1 aromatic carbocycles. The van der Waals surface area contributed by atoms with Crippen LogP contribution < -0.4 is 5.32 Å². The Morgan fingerprint density at radius 1 is 1.16 bits per heavy atom. The molecule has 1 unspecified atom stereocenters. The number of amides is 1. The first kappa shape index (κ1) is 16.9. The van der Waals surface area contributed by atoms with Crippen molar-refractivity contribution in [3.8, 4) is 0 Å². The van der Waals surface area contributed by atoms with Crippen molar-refractivity contribution >= 4 is 5.91 Å². The van der Waals surface area contributed by atoms with Gasteiger partial charge in [-0.15, -0.1) is 0 Å². The summed E-state index contributed by atoms with van der Waals surface area (Å²) in [4.78, 5) is 17.6. The number of nitrogens with one attached hydrogen (secondary N) is 1. The Labute approximate surface area is 147 Å². The van der Waals surface area contributed by atoms with Crippen LogP contribution >= 0.6 is 0 Å². The number of carbonyl (C=O) groups excluding carboxylic acids is 1. The molecule has 2 aliphatic heterocycles. The van der Waals surface area contributed by atoms with Crippen LogP contribution in [0.1, 0.15) is 31.2 Å². The third-order valence-corrected chi connectivity index (χ3v) is 6.18. The fourth-order valence-electron chi connectivity index (χ4n) is 4.58. The Kier molecular flexibility index (Phi) is 4.50.